The summed E-state index contributed by atoms with van der Waals surface area (Å²) in [6.45, 7) is 5.10. The quantitative estimate of drug-likeness (QED) is 0.393. The van der Waals surface area contributed by atoms with Crippen LogP contribution in [0.4, 0.5) is 5.69 Å². The number of likely N-dealkylation sites (tertiary alicyclic amines) is 1. The molecule has 8 nitrogen and oxygen atoms in total. The van der Waals surface area contributed by atoms with Gasteiger partial charge in [-0.1, -0.05) is 57.4 Å². The first-order chi connectivity index (χ1) is 17.9. The summed E-state index contributed by atoms with van der Waals surface area (Å²) >= 11 is 0. The molecule has 200 valence electrons. The van der Waals surface area contributed by atoms with Crippen molar-refractivity contribution in [3.8, 4) is 0 Å². The molecule has 5 unspecified atom stereocenters. The van der Waals surface area contributed by atoms with Gasteiger partial charge in [-0.15, -0.1) is 0 Å². The van der Waals surface area contributed by atoms with Crippen LogP contribution in [0.15, 0.2) is 36.4 Å². The first-order valence-electron chi connectivity index (χ1n) is 13.7. The van der Waals surface area contributed by atoms with Crippen molar-refractivity contribution in [3.05, 3.63) is 42.0 Å². The van der Waals surface area contributed by atoms with Crippen LogP contribution in [0, 0.1) is 11.8 Å². The van der Waals surface area contributed by atoms with E-state index < -0.39 is 29.6 Å². The molecule has 2 saturated heterocycles. The number of hydrogen-bond acceptors (Lipinski definition) is 5. The minimum atomic E-state index is -1.13. The lowest BCUT2D eigenvalue weighted by Crippen LogP contribution is -2.56. The fourth-order valence-electron chi connectivity index (χ4n) is 6.59. The van der Waals surface area contributed by atoms with Crippen LogP contribution in [0.5, 0.6) is 0 Å². The van der Waals surface area contributed by atoms with E-state index in [9.17, 15) is 14.4 Å². The normalized spacial score (nSPS) is 30.7. The highest BCUT2D eigenvalue weighted by molar-refractivity contribution is 6.02. The number of carbonyl (C=O) groups is 3. The summed E-state index contributed by atoms with van der Waals surface area (Å²) in [4.78, 5) is 42.8. The molecule has 37 heavy (non-hydrogen) atoms. The van der Waals surface area contributed by atoms with E-state index in [0.717, 1.165) is 25.7 Å². The number of nitrogens with one attached hydrogen (secondary N) is 2. The van der Waals surface area contributed by atoms with E-state index in [-0.39, 0.29) is 23.8 Å². The van der Waals surface area contributed by atoms with Crippen LogP contribution in [-0.4, -0.2) is 66.7 Å². The first kappa shape index (κ1) is 25.9. The van der Waals surface area contributed by atoms with Gasteiger partial charge in [-0.25, -0.2) is 0 Å². The standard InChI is InChI=1S/C29H39N3O5/c1-18(2)19-10-12-21(13-11-19)30-26(33)23-22-14-15-29(37-22)24(23)28(35)32(16-7-17-36-3)25(29)27(34)31-20-8-5-4-6-9-20/h10-15,18,20,22-25H,4-9,16-17H2,1-3H3,(H,30,33)(H,31,34). The van der Waals surface area contributed by atoms with Crippen LogP contribution in [0.3, 0.4) is 0 Å². The summed E-state index contributed by atoms with van der Waals surface area (Å²) in [6, 6.07) is 7.10. The van der Waals surface area contributed by atoms with Crippen LogP contribution < -0.4 is 10.6 Å². The van der Waals surface area contributed by atoms with Crippen LogP contribution in [0.1, 0.15) is 63.9 Å². The molecular weight excluding hydrogens is 470 g/mol. The lowest BCUT2D eigenvalue weighted by atomic mass is 9.74. The number of fused-ring (bicyclic) bond motifs is 1. The zero-order valence-electron chi connectivity index (χ0n) is 22.1. The highest BCUT2D eigenvalue weighted by atomic mass is 16.5. The third-order valence-electron chi connectivity index (χ3n) is 8.47. The first-order valence-corrected chi connectivity index (χ1v) is 13.7. The van der Waals surface area contributed by atoms with Crippen molar-refractivity contribution in [2.24, 2.45) is 11.8 Å². The number of methoxy groups -OCH3 is 1. The van der Waals surface area contributed by atoms with Crippen LogP contribution in [-0.2, 0) is 23.9 Å². The largest absolute Gasteiger partial charge is 0.385 e. The number of anilines is 1. The van der Waals surface area contributed by atoms with Gasteiger partial charge in [-0.2, -0.15) is 0 Å². The average molecular weight is 510 g/mol. The fourth-order valence-corrected chi connectivity index (χ4v) is 6.59. The molecule has 4 aliphatic rings. The van der Waals surface area contributed by atoms with Crippen molar-refractivity contribution in [2.75, 3.05) is 25.6 Å². The lowest BCUT2D eigenvalue weighted by Gasteiger charge is -2.34. The van der Waals surface area contributed by atoms with E-state index in [4.69, 9.17) is 9.47 Å². The Hall–Kier alpha value is -2.71. The zero-order chi connectivity index (χ0) is 26.2. The lowest BCUT2D eigenvalue weighted by molar-refractivity contribution is -0.141. The Morgan fingerprint density at radius 1 is 1.14 bits per heavy atom. The number of nitrogens with zero attached hydrogens (tertiary/aromatic N) is 1. The average Bonchev–Trinajstić information content (AvgIpc) is 3.52. The van der Waals surface area contributed by atoms with Crippen molar-refractivity contribution < 1.29 is 23.9 Å². The summed E-state index contributed by atoms with van der Waals surface area (Å²) in [5.74, 6) is -1.66. The minimum absolute atomic E-state index is 0.114. The van der Waals surface area contributed by atoms with Gasteiger partial charge < -0.3 is 25.0 Å². The maximum atomic E-state index is 13.9. The van der Waals surface area contributed by atoms with Crippen LogP contribution in [0.25, 0.3) is 0 Å². The van der Waals surface area contributed by atoms with E-state index in [0.29, 0.717) is 31.2 Å². The molecule has 8 heteroatoms. The van der Waals surface area contributed by atoms with Crippen molar-refractivity contribution in [1.82, 2.24) is 10.2 Å². The number of ether oxygens (including phenoxy) is 2. The van der Waals surface area contributed by atoms with Crippen molar-refractivity contribution in [2.45, 2.75) is 82.1 Å². The Labute approximate surface area is 219 Å². The zero-order valence-corrected chi connectivity index (χ0v) is 22.1. The van der Waals surface area contributed by atoms with E-state index >= 15 is 0 Å². The van der Waals surface area contributed by atoms with Gasteiger partial charge >= 0.3 is 0 Å². The molecule has 1 spiro atoms. The van der Waals surface area contributed by atoms with Gasteiger partial charge in [0.05, 0.1) is 17.9 Å². The molecule has 3 fully saturated rings. The molecular formula is C29H39N3O5. The molecule has 1 aromatic carbocycles. The summed E-state index contributed by atoms with van der Waals surface area (Å²) in [6.07, 6.45) is 9.07. The molecule has 5 rings (SSSR count). The predicted molar refractivity (Wildman–Crippen MR) is 140 cm³/mol. The molecule has 3 heterocycles. The predicted octanol–water partition coefficient (Wildman–Crippen LogP) is 3.38. The summed E-state index contributed by atoms with van der Waals surface area (Å²) in [7, 11) is 1.62. The number of benzene rings is 1. The van der Waals surface area contributed by atoms with Gasteiger partial charge in [0, 0.05) is 32.0 Å². The number of carbonyl (C=O) groups excluding carboxylic acids is 3. The van der Waals surface area contributed by atoms with Gasteiger partial charge in [0.2, 0.25) is 17.7 Å². The third-order valence-corrected chi connectivity index (χ3v) is 8.47. The molecule has 1 aliphatic carbocycles. The Morgan fingerprint density at radius 2 is 1.86 bits per heavy atom. The topological polar surface area (TPSA) is 97.0 Å². The molecule has 0 aromatic heterocycles. The fraction of sp³-hybridized carbons (Fsp3) is 0.621. The molecule has 2 bridgehead atoms. The number of amides is 3. The molecule has 1 saturated carbocycles. The molecule has 3 amide bonds. The van der Waals surface area contributed by atoms with Crippen molar-refractivity contribution >= 4 is 23.4 Å². The Bertz CT molecular complexity index is 1050. The maximum absolute atomic E-state index is 13.9. The molecule has 5 atom stereocenters. The van der Waals surface area contributed by atoms with E-state index in [2.05, 4.69) is 24.5 Å². The third kappa shape index (κ3) is 4.70. The van der Waals surface area contributed by atoms with Gasteiger partial charge in [0.25, 0.3) is 0 Å². The number of rotatable bonds is 9. The second kappa shape index (κ2) is 10.6. The summed E-state index contributed by atoms with van der Waals surface area (Å²) in [5.41, 5.74) is 0.744. The molecule has 0 radical (unpaired) electrons. The van der Waals surface area contributed by atoms with E-state index in [1.54, 1.807) is 12.0 Å². The van der Waals surface area contributed by atoms with Crippen LogP contribution >= 0.6 is 0 Å². The van der Waals surface area contributed by atoms with E-state index in [1.807, 2.05) is 36.4 Å². The van der Waals surface area contributed by atoms with Gasteiger partial charge in [-0.05, 0) is 42.9 Å². The highest BCUT2D eigenvalue weighted by Gasteiger charge is 2.72. The molecule has 2 N–H and O–H groups in total. The molecule has 3 aliphatic heterocycles. The van der Waals surface area contributed by atoms with Gasteiger partial charge in [-0.3, -0.25) is 14.4 Å². The smallest absolute Gasteiger partial charge is 0.246 e. The van der Waals surface area contributed by atoms with Gasteiger partial charge in [0.15, 0.2) is 0 Å². The second-order valence-corrected chi connectivity index (χ2v) is 11.2. The summed E-state index contributed by atoms with van der Waals surface area (Å²) < 4.78 is 11.6. The van der Waals surface area contributed by atoms with Crippen molar-refractivity contribution in [3.63, 3.8) is 0 Å². The summed E-state index contributed by atoms with van der Waals surface area (Å²) in [5, 5.41) is 6.21. The monoisotopic (exact) mass is 509 g/mol. The SMILES string of the molecule is COCCCN1C(=O)C2C(C(=O)Nc3ccc(C(C)C)cc3)C3C=CC2(O3)C1C(=O)NC1CCCCC1. The second-order valence-electron chi connectivity index (χ2n) is 11.2. The Balaban J connectivity index is 1.39. The van der Waals surface area contributed by atoms with Gasteiger partial charge in [0.1, 0.15) is 11.6 Å². The number of hydrogen-bond donors (Lipinski definition) is 2. The van der Waals surface area contributed by atoms with Crippen LogP contribution in [0.2, 0.25) is 0 Å². The minimum Gasteiger partial charge on any atom is -0.385 e. The van der Waals surface area contributed by atoms with Crippen molar-refractivity contribution in [1.29, 1.82) is 0 Å². The Kier molecular flexibility index (Phi) is 7.41. The highest BCUT2D eigenvalue weighted by Crippen LogP contribution is 2.55. The Morgan fingerprint density at radius 3 is 2.54 bits per heavy atom. The maximum Gasteiger partial charge on any atom is 0.246 e. The molecule has 1 aromatic rings. The van der Waals surface area contributed by atoms with E-state index in [1.165, 1.54) is 12.0 Å².